The average molecular weight is 256 g/mol. The molecule has 0 spiro atoms. The summed E-state index contributed by atoms with van der Waals surface area (Å²) in [5.74, 6) is -1.12. The number of hydrogen-bond donors (Lipinski definition) is 2. The van der Waals surface area contributed by atoms with Gasteiger partial charge in [0.15, 0.2) is 0 Å². The summed E-state index contributed by atoms with van der Waals surface area (Å²) in [6.07, 6.45) is 0.871. The molecule has 1 rings (SSSR count). The van der Waals surface area contributed by atoms with Crippen LogP contribution >= 0.6 is 11.3 Å². The van der Waals surface area contributed by atoms with Crippen LogP contribution in [0.15, 0.2) is 12.1 Å². The van der Waals surface area contributed by atoms with Crippen LogP contribution in [0.3, 0.4) is 0 Å². The lowest BCUT2D eigenvalue weighted by molar-refractivity contribution is 0.0701. The smallest absolute Gasteiger partial charge is 0.345 e. The lowest BCUT2D eigenvalue weighted by Gasteiger charge is -2.15. The molecule has 1 amide bonds. The van der Waals surface area contributed by atoms with Gasteiger partial charge in [-0.2, -0.15) is 0 Å². The van der Waals surface area contributed by atoms with Crippen molar-refractivity contribution in [2.75, 3.05) is 27.2 Å². The van der Waals surface area contributed by atoms with Crippen LogP contribution in [-0.4, -0.2) is 49.1 Å². The molecule has 0 atom stereocenters. The summed E-state index contributed by atoms with van der Waals surface area (Å²) in [6.45, 7) is 1.50. The Morgan fingerprint density at radius 2 is 2.06 bits per heavy atom. The van der Waals surface area contributed by atoms with Crippen molar-refractivity contribution < 1.29 is 14.7 Å². The fourth-order valence-electron chi connectivity index (χ4n) is 1.35. The number of amides is 1. The van der Waals surface area contributed by atoms with Crippen molar-refractivity contribution in [3.05, 3.63) is 21.9 Å². The summed E-state index contributed by atoms with van der Waals surface area (Å²) in [5.41, 5.74) is 0. The van der Waals surface area contributed by atoms with Gasteiger partial charge in [-0.25, -0.2) is 4.79 Å². The van der Waals surface area contributed by atoms with Gasteiger partial charge in [-0.15, -0.1) is 11.3 Å². The third-order valence-corrected chi connectivity index (χ3v) is 3.36. The Kier molecular flexibility index (Phi) is 5.11. The van der Waals surface area contributed by atoms with E-state index in [0.717, 1.165) is 24.3 Å². The Bertz CT molecular complexity index is 403. The van der Waals surface area contributed by atoms with Gasteiger partial charge in [-0.1, -0.05) is 0 Å². The molecule has 6 heteroatoms. The number of nitrogens with zero attached hydrogens (tertiary/aromatic N) is 1. The second-order valence-electron chi connectivity index (χ2n) is 3.65. The molecule has 0 aliphatic heterocycles. The predicted octanol–water partition coefficient (Wildman–Crippen LogP) is 1.13. The van der Waals surface area contributed by atoms with Crippen molar-refractivity contribution in [2.24, 2.45) is 0 Å². The summed E-state index contributed by atoms with van der Waals surface area (Å²) < 4.78 is 0. The van der Waals surface area contributed by atoms with Gasteiger partial charge in [-0.05, 0) is 32.1 Å². The first-order valence-corrected chi connectivity index (χ1v) is 6.11. The second kappa shape index (κ2) is 6.36. The molecule has 0 radical (unpaired) electrons. The molecule has 0 bridgehead atoms. The van der Waals surface area contributed by atoms with E-state index >= 15 is 0 Å². The van der Waals surface area contributed by atoms with E-state index in [1.165, 1.54) is 6.07 Å². The number of carboxylic acid groups (broad SMARTS) is 1. The minimum Gasteiger partial charge on any atom is -0.477 e. The van der Waals surface area contributed by atoms with Crippen LogP contribution in [0.4, 0.5) is 0 Å². The first kappa shape index (κ1) is 13.7. The van der Waals surface area contributed by atoms with Crippen molar-refractivity contribution in [1.29, 1.82) is 0 Å². The van der Waals surface area contributed by atoms with Gasteiger partial charge in [0, 0.05) is 13.6 Å². The highest BCUT2D eigenvalue weighted by atomic mass is 32.1. The molecule has 17 heavy (non-hydrogen) atoms. The lowest BCUT2D eigenvalue weighted by atomic mass is 10.3. The molecule has 0 saturated heterocycles. The predicted molar refractivity (Wildman–Crippen MR) is 66.8 cm³/mol. The molecule has 1 aromatic rings. The average Bonchev–Trinajstić information content (AvgIpc) is 2.77. The third kappa shape index (κ3) is 3.83. The highest BCUT2D eigenvalue weighted by Gasteiger charge is 2.15. The van der Waals surface area contributed by atoms with Gasteiger partial charge >= 0.3 is 5.97 Å². The molecule has 0 aromatic carbocycles. The zero-order valence-corrected chi connectivity index (χ0v) is 10.7. The summed E-state index contributed by atoms with van der Waals surface area (Å²) >= 11 is 1.01. The van der Waals surface area contributed by atoms with E-state index in [1.807, 2.05) is 7.05 Å². The second-order valence-corrected chi connectivity index (χ2v) is 4.74. The number of thiophene rings is 1. The Labute approximate surface area is 104 Å². The molecular weight excluding hydrogens is 240 g/mol. The summed E-state index contributed by atoms with van der Waals surface area (Å²) in [4.78, 5) is 24.9. The normalized spacial score (nSPS) is 10.2. The van der Waals surface area contributed by atoms with Crippen LogP contribution in [0.5, 0.6) is 0 Å². The number of carbonyl (C=O) groups is 2. The minimum atomic E-state index is -0.994. The topological polar surface area (TPSA) is 69.6 Å². The largest absolute Gasteiger partial charge is 0.477 e. The molecule has 0 saturated carbocycles. The molecule has 0 aliphatic carbocycles. The molecule has 2 N–H and O–H groups in total. The number of rotatable bonds is 6. The van der Waals surface area contributed by atoms with Gasteiger partial charge in [-0.3, -0.25) is 4.79 Å². The number of nitrogens with one attached hydrogen (secondary N) is 1. The fraction of sp³-hybridized carbons (Fsp3) is 0.455. The molecule has 94 valence electrons. The Balaban J connectivity index is 2.58. The summed E-state index contributed by atoms with van der Waals surface area (Å²) in [7, 11) is 3.58. The van der Waals surface area contributed by atoms with Crippen molar-refractivity contribution in [3.8, 4) is 0 Å². The van der Waals surface area contributed by atoms with Gasteiger partial charge < -0.3 is 15.3 Å². The SMILES string of the molecule is CNCCCN(C)C(=O)c1ccc(C(=O)O)s1. The Morgan fingerprint density at radius 3 is 2.59 bits per heavy atom. The van der Waals surface area contributed by atoms with Crippen LogP contribution in [-0.2, 0) is 0 Å². The van der Waals surface area contributed by atoms with Crippen LogP contribution in [0.1, 0.15) is 25.8 Å². The van der Waals surface area contributed by atoms with Crippen LogP contribution in [0.2, 0.25) is 0 Å². The standard InChI is InChI=1S/C11H16N2O3S/c1-12-6-3-7-13(2)10(14)8-4-5-9(17-8)11(15)16/h4-5,12H,3,6-7H2,1-2H3,(H,15,16). The fourth-order valence-corrected chi connectivity index (χ4v) is 2.19. The zero-order chi connectivity index (χ0) is 12.8. The molecule has 0 fully saturated rings. The molecule has 1 aromatic heterocycles. The minimum absolute atomic E-state index is 0.126. The Morgan fingerprint density at radius 1 is 1.41 bits per heavy atom. The van der Waals surface area contributed by atoms with Crippen LogP contribution in [0.25, 0.3) is 0 Å². The van der Waals surface area contributed by atoms with Gasteiger partial charge in [0.05, 0.1) is 4.88 Å². The van der Waals surface area contributed by atoms with Gasteiger partial charge in [0.2, 0.25) is 0 Å². The highest BCUT2D eigenvalue weighted by Crippen LogP contribution is 2.17. The molecular formula is C11H16N2O3S. The van der Waals surface area contributed by atoms with E-state index < -0.39 is 5.97 Å². The third-order valence-electron chi connectivity index (χ3n) is 2.29. The quantitative estimate of drug-likeness (QED) is 0.749. The van der Waals surface area contributed by atoms with Crippen LogP contribution < -0.4 is 5.32 Å². The van der Waals surface area contributed by atoms with E-state index in [4.69, 9.17) is 5.11 Å². The van der Waals surface area contributed by atoms with Crippen molar-refractivity contribution in [1.82, 2.24) is 10.2 Å². The van der Waals surface area contributed by atoms with Crippen molar-refractivity contribution >= 4 is 23.2 Å². The highest BCUT2D eigenvalue weighted by molar-refractivity contribution is 7.15. The van der Waals surface area contributed by atoms with E-state index in [0.29, 0.717) is 11.4 Å². The van der Waals surface area contributed by atoms with Crippen LogP contribution in [0, 0.1) is 0 Å². The van der Waals surface area contributed by atoms with Gasteiger partial charge in [0.1, 0.15) is 4.88 Å². The number of carboxylic acids is 1. The maximum absolute atomic E-state index is 11.9. The number of aromatic carboxylic acids is 1. The first-order chi connectivity index (χ1) is 8.06. The molecule has 0 unspecified atom stereocenters. The summed E-state index contributed by atoms with van der Waals surface area (Å²) in [5, 5.41) is 11.8. The monoisotopic (exact) mass is 256 g/mol. The lowest BCUT2D eigenvalue weighted by Crippen LogP contribution is -2.28. The zero-order valence-electron chi connectivity index (χ0n) is 9.90. The number of hydrogen-bond acceptors (Lipinski definition) is 4. The van der Waals surface area contributed by atoms with E-state index in [1.54, 1.807) is 18.0 Å². The molecule has 1 heterocycles. The van der Waals surface area contributed by atoms with Crippen molar-refractivity contribution in [2.45, 2.75) is 6.42 Å². The Hall–Kier alpha value is -1.40. The molecule has 5 nitrogen and oxygen atoms in total. The van der Waals surface area contributed by atoms with Gasteiger partial charge in [0.25, 0.3) is 5.91 Å². The maximum atomic E-state index is 11.9. The molecule has 0 aliphatic rings. The van der Waals surface area contributed by atoms with Crippen molar-refractivity contribution in [3.63, 3.8) is 0 Å². The first-order valence-electron chi connectivity index (χ1n) is 5.29. The van der Waals surface area contributed by atoms with E-state index in [2.05, 4.69) is 5.32 Å². The summed E-state index contributed by atoms with van der Waals surface area (Å²) in [6, 6.07) is 3.02. The van der Waals surface area contributed by atoms with E-state index in [9.17, 15) is 9.59 Å². The maximum Gasteiger partial charge on any atom is 0.345 e. The van der Waals surface area contributed by atoms with E-state index in [-0.39, 0.29) is 10.8 Å². The number of carbonyl (C=O) groups excluding carboxylic acids is 1.